The van der Waals surface area contributed by atoms with Crippen LogP contribution in [0.4, 0.5) is 5.69 Å². The maximum atomic E-state index is 11.9. The van der Waals surface area contributed by atoms with E-state index < -0.39 is 5.60 Å². The molecule has 6 heteroatoms. The molecule has 0 fully saturated rings. The molecule has 0 radical (unpaired) electrons. The Morgan fingerprint density at radius 1 is 1.39 bits per heavy atom. The number of methoxy groups -OCH3 is 1. The van der Waals surface area contributed by atoms with Crippen LogP contribution >= 0.6 is 23.2 Å². The number of nitrogen functional groups attached to an aromatic ring is 1. The molecule has 4 nitrogen and oxygen atoms in total. The maximum Gasteiger partial charge on any atom is 0.251 e. The number of hydrogen-bond donors (Lipinski definition) is 2. The Hall–Kier alpha value is -0.970. The van der Waals surface area contributed by atoms with E-state index in [-0.39, 0.29) is 21.6 Å². The van der Waals surface area contributed by atoms with Crippen molar-refractivity contribution < 1.29 is 9.53 Å². The first-order valence-electron chi connectivity index (χ1n) is 5.34. The van der Waals surface area contributed by atoms with E-state index in [4.69, 9.17) is 33.7 Å². The van der Waals surface area contributed by atoms with Crippen molar-refractivity contribution in [2.24, 2.45) is 0 Å². The molecule has 0 bridgehead atoms. The lowest BCUT2D eigenvalue weighted by Gasteiger charge is -2.23. The van der Waals surface area contributed by atoms with E-state index in [0.29, 0.717) is 12.1 Å². The number of carbonyl (C=O) groups excluding carboxylic acids is 1. The van der Waals surface area contributed by atoms with Gasteiger partial charge in [0, 0.05) is 19.2 Å². The van der Waals surface area contributed by atoms with Crippen molar-refractivity contribution in [3.63, 3.8) is 0 Å². The number of benzene rings is 1. The Kier molecular flexibility index (Phi) is 4.85. The van der Waals surface area contributed by atoms with Gasteiger partial charge in [-0.05, 0) is 26.0 Å². The zero-order valence-corrected chi connectivity index (χ0v) is 12.0. The summed E-state index contributed by atoms with van der Waals surface area (Å²) in [6, 6.07) is 2.97. The van der Waals surface area contributed by atoms with E-state index >= 15 is 0 Å². The number of hydrogen-bond acceptors (Lipinski definition) is 3. The molecule has 1 amide bonds. The Bertz CT molecular complexity index is 438. The number of halogens is 2. The molecule has 1 aromatic rings. The number of carbonyl (C=O) groups is 1. The molecule has 0 saturated carbocycles. The molecule has 0 unspecified atom stereocenters. The smallest absolute Gasteiger partial charge is 0.251 e. The fourth-order valence-electron chi connectivity index (χ4n) is 1.18. The normalized spacial score (nSPS) is 11.4. The quantitative estimate of drug-likeness (QED) is 0.838. The lowest BCUT2D eigenvalue weighted by atomic mass is 10.1. The number of rotatable bonds is 4. The summed E-state index contributed by atoms with van der Waals surface area (Å²) in [5.41, 5.74) is 5.80. The fourth-order valence-corrected chi connectivity index (χ4v) is 1.67. The van der Waals surface area contributed by atoms with E-state index in [1.165, 1.54) is 12.1 Å². The number of nitrogens with two attached hydrogens (primary N) is 1. The van der Waals surface area contributed by atoms with E-state index in [1.807, 2.05) is 13.8 Å². The zero-order chi connectivity index (χ0) is 13.9. The van der Waals surface area contributed by atoms with Crippen molar-refractivity contribution in [3.8, 4) is 0 Å². The third-order valence-corrected chi connectivity index (χ3v) is 3.19. The summed E-state index contributed by atoms with van der Waals surface area (Å²) in [4.78, 5) is 11.9. The van der Waals surface area contributed by atoms with Gasteiger partial charge in [-0.1, -0.05) is 23.2 Å². The van der Waals surface area contributed by atoms with Crippen LogP contribution in [0, 0.1) is 0 Å². The predicted octanol–water partition coefficient (Wildman–Crippen LogP) is 2.73. The average molecular weight is 291 g/mol. The molecule has 1 rings (SSSR count). The molecule has 0 saturated heterocycles. The van der Waals surface area contributed by atoms with Crippen LogP contribution in [0.5, 0.6) is 0 Å². The van der Waals surface area contributed by atoms with E-state index in [9.17, 15) is 4.79 Å². The highest BCUT2D eigenvalue weighted by atomic mass is 35.5. The second-order valence-corrected chi connectivity index (χ2v) is 5.31. The SMILES string of the molecule is COC(C)(C)CNC(=O)c1cc(Cl)c(N)c(Cl)c1. The van der Waals surface area contributed by atoms with Crippen LogP contribution in [-0.4, -0.2) is 25.2 Å². The minimum absolute atomic E-state index is 0.263. The monoisotopic (exact) mass is 290 g/mol. The third-order valence-electron chi connectivity index (χ3n) is 2.57. The summed E-state index contributed by atoms with van der Waals surface area (Å²) in [7, 11) is 1.59. The van der Waals surface area contributed by atoms with Gasteiger partial charge in [0.15, 0.2) is 0 Å². The van der Waals surface area contributed by atoms with Crippen molar-refractivity contribution in [1.29, 1.82) is 0 Å². The van der Waals surface area contributed by atoms with E-state index in [2.05, 4.69) is 5.32 Å². The first-order chi connectivity index (χ1) is 8.26. The summed E-state index contributed by atoms with van der Waals surface area (Å²) < 4.78 is 5.20. The molecule has 0 atom stereocenters. The second kappa shape index (κ2) is 5.78. The zero-order valence-electron chi connectivity index (χ0n) is 10.5. The van der Waals surface area contributed by atoms with Gasteiger partial charge in [-0.2, -0.15) is 0 Å². The number of anilines is 1. The number of nitrogens with one attached hydrogen (secondary N) is 1. The van der Waals surface area contributed by atoms with Gasteiger partial charge in [-0.3, -0.25) is 4.79 Å². The molecule has 18 heavy (non-hydrogen) atoms. The van der Waals surface area contributed by atoms with Crippen molar-refractivity contribution in [2.75, 3.05) is 19.4 Å². The first-order valence-corrected chi connectivity index (χ1v) is 6.10. The van der Waals surface area contributed by atoms with Crippen LogP contribution < -0.4 is 11.1 Å². The summed E-state index contributed by atoms with van der Waals surface area (Å²) in [5, 5.41) is 3.27. The Morgan fingerprint density at radius 3 is 2.33 bits per heavy atom. The molecular weight excluding hydrogens is 275 g/mol. The van der Waals surface area contributed by atoms with Gasteiger partial charge in [0.25, 0.3) is 5.91 Å². The Labute approximate surface area is 116 Å². The predicted molar refractivity (Wildman–Crippen MR) is 74.3 cm³/mol. The topological polar surface area (TPSA) is 64.3 Å². The van der Waals surface area contributed by atoms with Gasteiger partial charge >= 0.3 is 0 Å². The summed E-state index contributed by atoms with van der Waals surface area (Å²) >= 11 is 11.7. The second-order valence-electron chi connectivity index (χ2n) is 4.50. The molecule has 3 N–H and O–H groups in total. The highest BCUT2D eigenvalue weighted by Gasteiger charge is 2.18. The largest absolute Gasteiger partial charge is 0.396 e. The van der Waals surface area contributed by atoms with Crippen molar-refractivity contribution in [3.05, 3.63) is 27.7 Å². The van der Waals surface area contributed by atoms with Gasteiger partial charge in [-0.15, -0.1) is 0 Å². The van der Waals surface area contributed by atoms with Gasteiger partial charge in [-0.25, -0.2) is 0 Å². The van der Waals surface area contributed by atoms with Gasteiger partial charge in [0.1, 0.15) is 0 Å². The lowest BCUT2D eigenvalue weighted by molar-refractivity contribution is 0.0229. The molecular formula is C12H16Cl2N2O2. The molecule has 0 aliphatic heterocycles. The van der Waals surface area contributed by atoms with E-state index in [1.54, 1.807) is 7.11 Å². The summed E-state index contributed by atoms with van der Waals surface area (Å²) in [6.45, 7) is 4.12. The molecule has 0 aromatic heterocycles. The van der Waals surface area contributed by atoms with Gasteiger partial charge < -0.3 is 15.8 Å². The average Bonchev–Trinajstić information content (AvgIpc) is 2.32. The Morgan fingerprint density at radius 2 is 1.89 bits per heavy atom. The van der Waals surface area contributed by atoms with Crippen LogP contribution in [-0.2, 0) is 4.74 Å². The standard InChI is InChI=1S/C12H16Cl2N2O2/c1-12(2,18-3)6-16-11(17)7-4-8(13)10(15)9(14)5-7/h4-5H,6,15H2,1-3H3,(H,16,17). The number of ether oxygens (including phenoxy) is 1. The summed E-state index contributed by atoms with van der Waals surface area (Å²) in [6.07, 6.45) is 0. The highest BCUT2D eigenvalue weighted by molar-refractivity contribution is 6.39. The first kappa shape index (κ1) is 15.1. The molecule has 0 spiro atoms. The van der Waals surface area contributed by atoms with Crippen LogP contribution in [0.2, 0.25) is 10.0 Å². The maximum absolute atomic E-state index is 11.9. The van der Waals surface area contributed by atoms with Crippen LogP contribution in [0.25, 0.3) is 0 Å². The number of amides is 1. The van der Waals surface area contributed by atoms with E-state index in [0.717, 1.165) is 0 Å². The van der Waals surface area contributed by atoms with Crippen LogP contribution in [0.3, 0.4) is 0 Å². The van der Waals surface area contributed by atoms with Crippen LogP contribution in [0.15, 0.2) is 12.1 Å². The molecule has 100 valence electrons. The summed E-state index contributed by atoms with van der Waals surface area (Å²) in [5.74, 6) is -0.274. The molecule has 1 aromatic carbocycles. The third kappa shape index (κ3) is 3.77. The lowest BCUT2D eigenvalue weighted by Crippen LogP contribution is -2.39. The van der Waals surface area contributed by atoms with Gasteiger partial charge in [0.05, 0.1) is 21.3 Å². The molecule has 0 heterocycles. The highest BCUT2D eigenvalue weighted by Crippen LogP contribution is 2.28. The minimum Gasteiger partial charge on any atom is -0.396 e. The fraction of sp³-hybridized carbons (Fsp3) is 0.417. The van der Waals surface area contributed by atoms with Crippen molar-refractivity contribution in [1.82, 2.24) is 5.32 Å². The molecule has 0 aliphatic rings. The Balaban J connectivity index is 2.80. The van der Waals surface area contributed by atoms with Crippen LogP contribution in [0.1, 0.15) is 24.2 Å². The van der Waals surface area contributed by atoms with Gasteiger partial charge in [0.2, 0.25) is 0 Å². The van der Waals surface area contributed by atoms with Crippen molar-refractivity contribution >= 4 is 34.8 Å². The molecule has 0 aliphatic carbocycles. The van der Waals surface area contributed by atoms with Crippen molar-refractivity contribution in [2.45, 2.75) is 19.4 Å². The minimum atomic E-state index is -0.433.